The van der Waals surface area contributed by atoms with Crippen LogP contribution in [-0.2, 0) is 4.74 Å². The highest BCUT2D eigenvalue weighted by molar-refractivity contribution is 4.84. The van der Waals surface area contributed by atoms with E-state index in [4.69, 9.17) is 4.74 Å². The third-order valence-electron chi connectivity index (χ3n) is 4.30. The van der Waals surface area contributed by atoms with E-state index in [0.717, 1.165) is 5.92 Å². The molecule has 1 fully saturated rings. The van der Waals surface area contributed by atoms with Gasteiger partial charge in [0.25, 0.3) is 0 Å². The molecular formula is C18H36O. The molecule has 1 nitrogen and oxygen atoms in total. The molecule has 2 atom stereocenters. The lowest BCUT2D eigenvalue weighted by molar-refractivity contribution is 0.345. The van der Waals surface area contributed by atoms with Crippen LogP contribution in [0.15, 0.2) is 0 Å². The monoisotopic (exact) mass is 268 g/mol. The fourth-order valence-corrected chi connectivity index (χ4v) is 2.89. The summed E-state index contributed by atoms with van der Waals surface area (Å²) in [7, 11) is 0. The van der Waals surface area contributed by atoms with Gasteiger partial charge in [-0.3, -0.25) is 0 Å². The number of hydrogen-bond acceptors (Lipinski definition) is 1. The Morgan fingerprint density at radius 2 is 1.26 bits per heavy atom. The smallest absolute Gasteiger partial charge is 0.0841 e. The Bertz CT molecular complexity index is 200. The molecule has 0 radical (unpaired) electrons. The van der Waals surface area contributed by atoms with Crippen LogP contribution in [0, 0.1) is 5.92 Å². The summed E-state index contributed by atoms with van der Waals surface area (Å²) in [6.07, 6.45) is 18.0. The van der Waals surface area contributed by atoms with Gasteiger partial charge in [-0.2, -0.15) is 0 Å². The molecule has 1 aliphatic heterocycles. The van der Waals surface area contributed by atoms with Gasteiger partial charge in [-0.05, 0) is 18.8 Å². The number of unbranched alkanes of at least 4 members (excludes halogenated alkanes) is 7. The fraction of sp³-hybridized carbons (Fsp3) is 1.00. The molecular weight excluding hydrogens is 232 g/mol. The SMILES string of the molecule is CCCCCCCCCC[C@H]1O[C@H]1CCCC(C)C. The lowest BCUT2D eigenvalue weighted by atomic mass is 10.0. The van der Waals surface area contributed by atoms with E-state index in [9.17, 15) is 0 Å². The summed E-state index contributed by atoms with van der Waals surface area (Å²) in [5.41, 5.74) is 0. The normalized spacial score (nSPS) is 22.1. The first kappa shape index (κ1) is 17.0. The van der Waals surface area contributed by atoms with Crippen LogP contribution < -0.4 is 0 Å². The highest BCUT2D eigenvalue weighted by atomic mass is 16.6. The lowest BCUT2D eigenvalue weighted by Gasteiger charge is -2.02. The van der Waals surface area contributed by atoms with Gasteiger partial charge in [0.2, 0.25) is 0 Å². The van der Waals surface area contributed by atoms with E-state index in [-0.39, 0.29) is 0 Å². The topological polar surface area (TPSA) is 12.5 Å². The molecule has 19 heavy (non-hydrogen) atoms. The van der Waals surface area contributed by atoms with Crippen molar-refractivity contribution in [2.75, 3.05) is 0 Å². The van der Waals surface area contributed by atoms with Crippen molar-refractivity contribution in [3.05, 3.63) is 0 Å². The predicted molar refractivity (Wildman–Crippen MR) is 84.6 cm³/mol. The van der Waals surface area contributed by atoms with Gasteiger partial charge >= 0.3 is 0 Å². The Labute approximate surface area is 121 Å². The van der Waals surface area contributed by atoms with Gasteiger partial charge in [0, 0.05) is 0 Å². The van der Waals surface area contributed by atoms with Crippen molar-refractivity contribution in [1.82, 2.24) is 0 Å². The van der Waals surface area contributed by atoms with Crippen molar-refractivity contribution in [3.63, 3.8) is 0 Å². The molecule has 1 rings (SSSR count). The average Bonchev–Trinajstić information content (AvgIpc) is 3.11. The lowest BCUT2D eigenvalue weighted by Crippen LogP contribution is -1.96. The van der Waals surface area contributed by atoms with Crippen molar-refractivity contribution in [3.8, 4) is 0 Å². The first-order valence-electron chi connectivity index (χ1n) is 8.89. The van der Waals surface area contributed by atoms with Crippen LogP contribution in [0.4, 0.5) is 0 Å². The van der Waals surface area contributed by atoms with E-state index < -0.39 is 0 Å². The van der Waals surface area contributed by atoms with Crippen LogP contribution in [0.2, 0.25) is 0 Å². The molecule has 0 aliphatic carbocycles. The maximum atomic E-state index is 5.76. The quantitative estimate of drug-likeness (QED) is 0.290. The zero-order valence-electron chi connectivity index (χ0n) is 13.6. The maximum absolute atomic E-state index is 5.76. The molecule has 0 aromatic rings. The highest BCUT2D eigenvalue weighted by Crippen LogP contribution is 2.32. The fourth-order valence-electron chi connectivity index (χ4n) is 2.89. The van der Waals surface area contributed by atoms with Gasteiger partial charge in [0.05, 0.1) is 12.2 Å². The minimum atomic E-state index is 0.628. The van der Waals surface area contributed by atoms with Gasteiger partial charge in [-0.15, -0.1) is 0 Å². The Morgan fingerprint density at radius 3 is 1.84 bits per heavy atom. The van der Waals surface area contributed by atoms with Gasteiger partial charge in [-0.1, -0.05) is 85.0 Å². The van der Waals surface area contributed by atoms with E-state index in [1.807, 2.05) is 0 Å². The number of rotatable bonds is 13. The van der Waals surface area contributed by atoms with Gasteiger partial charge < -0.3 is 4.74 Å². The van der Waals surface area contributed by atoms with E-state index in [2.05, 4.69) is 20.8 Å². The van der Waals surface area contributed by atoms with Crippen LogP contribution in [0.5, 0.6) is 0 Å². The van der Waals surface area contributed by atoms with Crippen LogP contribution in [0.25, 0.3) is 0 Å². The summed E-state index contributed by atoms with van der Waals surface area (Å²) in [6, 6.07) is 0. The second-order valence-electron chi connectivity index (χ2n) is 6.80. The number of hydrogen-bond donors (Lipinski definition) is 0. The van der Waals surface area contributed by atoms with Crippen molar-refractivity contribution in [2.24, 2.45) is 5.92 Å². The van der Waals surface area contributed by atoms with Crippen molar-refractivity contribution < 1.29 is 4.74 Å². The predicted octanol–water partition coefficient (Wildman–Crippen LogP) is 6.11. The third kappa shape index (κ3) is 9.49. The summed E-state index contributed by atoms with van der Waals surface area (Å²) < 4.78 is 5.76. The number of epoxide rings is 1. The van der Waals surface area contributed by atoms with Crippen molar-refractivity contribution in [2.45, 2.75) is 110 Å². The minimum absolute atomic E-state index is 0.628. The van der Waals surface area contributed by atoms with E-state index in [0.29, 0.717) is 12.2 Å². The van der Waals surface area contributed by atoms with Gasteiger partial charge in [0.1, 0.15) is 0 Å². The first-order chi connectivity index (χ1) is 9.24. The summed E-state index contributed by atoms with van der Waals surface area (Å²) >= 11 is 0. The Kier molecular flexibility index (Phi) is 9.59. The van der Waals surface area contributed by atoms with Crippen LogP contribution in [0.3, 0.4) is 0 Å². The molecule has 1 heteroatoms. The standard InChI is InChI=1S/C18H36O/c1-4-5-6-7-8-9-10-11-14-17-18(19-17)15-12-13-16(2)3/h16-18H,4-15H2,1-3H3/t17-,18+/m1/s1. The average molecular weight is 268 g/mol. The van der Waals surface area contributed by atoms with E-state index >= 15 is 0 Å². The Morgan fingerprint density at radius 1 is 0.737 bits per heavy atom. The zero-order chi connectivity index (χ0) is 13.9. The zero-order valence-corrected chi connectivity index (χ0v) is 13.6. The van der Waals surface area contributed by atoms with Gasteiger partial charge in [-0.25, -0.2) is 0 Å². The summed E-state index contributed by atoms with van der Waals surface area (Å²) in [5, 5.41) is 0. The molecule has 0 unspecified atom stereocenters. The van der Waals surface area contributed by atoms with Crippen LogP contribution in [0.1, 0.15) is 97.8 Å². The van der Waals surface area contributed by atoms with Crippen molar-refractivity contribution >= 4 is 0 Å². The van der Waals surface area contributed by atoms with Crippen molar-refractivity contribution in [1.29, 1.82) is 0 Å². The van der Waals surface area contributed by atoms with Gasteiger partial charge in [0.15, 0.2) is 0 Å². The first-order valence-corrected chi connectivity index (χ1v) is 8.89. The second kappa shape index (κ2) is 10.7. The molecule has 0 bridgehead atoms. The summed E-state index contributed by atoms with van der Waals surface area (Å²) in [5.74, 6) is 0.852. The second-order valence-corrected chi connectivity index (χ2v) is 6.80. The molecule has 114 valence electrons. The van der Waals surface area contributed by atoms with E-state index in [1.54, 1.807) is 0 Å². The molecule has 1 saturated heterocycles. The Hall–Kier alpha value is -0.0400. The largest absolute Gasteiger partial charge is 0.370 e. The molecule has 0 saturated carbocycles. The summed E-state index contributed by atoms with van der Waals surface area (Å²) in [4.78, 5) is 0. The molecule has 0 N–H and O–H groups in total. The minimum Gasteiger partial charge on any atom is -0.370 e. The molecule has 0 aromatic carbocycles. The number of ether oxygens (including phenoxy) is 1. The molecule has 1 aliphatic rings. The molecule has 1 heterocycles. The third-order valence-corrected chi connectivity index (χ3v) is 4.30. The van der Waals surface area contributed by atoms with Crippen LogP contribution in [-0.4, -0.2) is 12.2 Å². The molecule has 0 amide bonds. The van der Waals surface area contributed by atoms with E-state index in [1.165, 1.54) is 77.0 Å². The summed E-state index contributed by atoms with van der Waals surface area (Å²) in [6.45, 7) is 6.91. The highest BCUT2D eigenvalue weighted by Gasteiger charge is 2.36. The molecule has 0 spiro atoms. The van der Waals surface area contributed by atoms with Crippen LogP contribution >= 0.6 is 0 Å². The molecule has 0 aromatic heterocycles. The maximum Gasteiger partial charge on any atom is 0.0841 e. The Balaban J connectivity index is 1.77.